The molecule has 0 atom stereocenters. The molecule has 0 amide bonds. The van der Waals surface area contributed by atoms with Gasteiger partial charge < -0.3 is 4.90 Å². The van der Waals surface area contributed by atoms with Gasteiger partial charge in [-0.15, -0.1) is 0 Å². The van der Waals surface area contributed by atoms with E-state index in [9.17, 15) is 4.39 Å². The van der Waals surface area contributed by atoms with E-state index in [4.69, 9.17) is 0 Å². The third kappa shape index (κ3) is 5.40. The van der Waals surface area contributed by atoms with Crippen molar-refractivity contribution >= 4 is 27.7 Å². The molecule has 0 saturated heterocycles. The molecule has 1 rings (SSSR count). The lowest BCUT2D eigenvalue weighted by Crippen LogP contribution is -2.25. The van der Waals surface area contributed by atoms with Gasteiger partial charge in [0, 0.05) is 22.5 Å². The van der Waals surface area contributed by atoms with E-state index in [1.165, 1.54) is 12.1 Å². The topological polar surface area (TPSA) is 3.24 Å². The standard InChI is InChI=1S/C13H19BrFNS/c1-3-16(4-2)7-8-17-10-11-5-6-12(15)9-13(11)14/h5-6,9H,3-4,7-8,10H2,1-2H3. The average molecular weight is 320 g/mol. The second kappa shape index (κ2) is 8.11. The molecule has 4 heteroatoms. The van der Waals surface area contributed by atoms with Crippen molar-refractivity contribution in [3.05, 3.63) is 34.1 Å². The summed E-state index contributed by atoms with van der Waals surface area (Å²) in [6, 6.07) is 4.90. The van der Waals surface area contributed by atoms with Crippen molar-refractivity contribution < 1.29 is 4.39 Å². The zero-order valence-electron chi connectivity index (χ0n) is 10.4. The maximum Gasteiger partial charge on any atom is 0.124 e. The molecule has 0 unspecified atom stereocenters. The maximum atomic E-state index is 12.9. The number of rotatable bonds is 7. The summed E-state index contributed by atoms with van der Waals surface area (Å²) in [7, 11) is 0. The van der Waals surface area contributed by atoms with Crippen molar-refractivity contribution in [2.24, 2.45) is 0 Å². The highest BCUT2D eigenvalue weighted by atomic mass is 79.9. The molecule has 0 saturated carbocycles. The molecule has 0 radical (unpaired) electrons. The number of nitrogens with zero attached hydrogens (tertiary/aromatic N) is 1. The molecule has 0 aliphatic rings. The van der Waals surface area contributed by atoms with E-state index in [2.05, 4.69) is 34.7 Å². The number of hydrogen-bond acceptors (Lipinski definition) is 2. The lowest BCUT2D eigenvalue weighted by atomic mass is 10.2. The molecular formula is C13H19BrFNS. The van der Waals surface area contributed by atoms with E-state index in [-0.39, 0.29) is 5.82 Å². The molecule has 0 heterocycles. The Balaban J connectivity index is 2.31. The first-order chi connectivity index (χ1) is 8.17. The monoisotopic (exact) mass is 319 g/mol. The smallest absolute Gasteiger partial charge is 0.124 e. The van der Waals surface area contributed by atoms with Gasteiger partial charge in [0.05, 0.1) is 0 Å². The highest BCUT2D eigenvalue weighted by molar-refractivity contribution is 9.10. The Morgan fingerprint density at radius 2 is 2.00 bits per heavy atom. The largest absolute Gasteiger partial charge is 0.303 e. The zero-order valence-corrected chi connectivity index (χ0v) is 12.8. The Labute approximate surface area is 116 Å². The summed E-state index contributed by atoms with van der Waals surface area (Å²) in [5.41, 5.74) is 1.16. The van der Waals surface area contributed by atoms with Crippen molar-refractivity contribution in [2.45, 2.75) is 19.6 Å². The fraction of sp³-hybridized carbons (Fsp3) is 0.538. The Morgan fingerprint density at radius 3 is 2.59 bits per heavy atom. The molecule has 1 nitrogen and oxygen atoms in total. The molecule has 17 heavy (non-hydrogen) atoms. The first-order valence-corrected chi connectivity index (χ1v) is 7.86. The summed E-state index contributed by atoms with van der Waals surface area (Å²) in [6.45, 7) is 7.71. The van der Waals surface area contributed by atoms with Gasteiger partial charge in [-0.1, -0.05) is 35.8 Å². The number of halogens is 2. The first kappa shape index (κ1) is 15.0. The lowest BCUT2D eigenvalue weighted by molar-refractivity contribution is 0.324. The van der Waals surface area contributed by atoms with Gasteiger partial charge >= 0.3 is 0 Å². The minimum Gasteiger partial charge on any atom is -0.303 e. The average Bonchev–Trinajstić information content (AvgIpc) is 2.32. The van der Waals surface area contributed by atoms with E-state index < -0.39 is 0 Å². The van der Waals surface area contributed by atoms with Gasteiger partial charge in [0.15, 0.2) is 0 Å². The predicted octanol–water partition coefficient (Wildman–Crippen LogP) is 4.16. The molecule has 0 spiro atoms. The van der Waals surface area contributed by atoms with Crippen LogP contribution in [0, 0.1) is 5.82 Å². The minimum absolute atomic E-state index is 0.186. The molecule has 0 aromatic heterocycles. The normalized spacial score (nSPS) is 11.1. The van der Waals surface area contributed by atoms with Gasteiger partial charge in [-0.25, -0.2) is 4.39 Å². The SMILES string of the molecule is CCN(CC)CCSCc1ccc(F)cc1Br. The predicted molar refractivity (Wildman–Crippen MR) is 78.1 cm³/mol. The highest BCUT2D eigenvalue weighted by Gasteiger charge is 2.03. The Bertz CT molecular complexity index is 342. The van der Waals surface area contributed by atoms with Crippen LogP contribution in [-0.2, 0) is 5.75 Å². The Kier molecular flexibility index (Phi) is 7.16. The van der Waals surface area contributed by atoms with Crippen molar-refractivity contribution in [2.75, 3.05) is 25.4 Å². The third-order valence-corrected chi connectivity index (χ3v) is 4.44. The second-order valence-corrected chi connectivity index (χ2v) is 5.77. The van der Waals surface area contributed by atoms with Gasteiger partial charge in [-0.3, -0.25) is 0 Å². The molecule has 0 bridgehead atoms. The minimum atomic E-state index is -0.186. The lowest BCUT2D eigenvalue weighted by Gasteiger charge is -2.17. The van der Waals surface area contributed by atoms with Gasteiger partial charge in [-0.05, 0) is 30.8 Å². The van der Waals surface area contributed by atoms with Crippen LogP contribution in [0.3, 0.4) is 0 Å². The Hall–Kier alpha value is -0.0600. The van der Waals surface area contributed by atoms with E-state index in [0.717, 1.165) is 41.2 Å². The zero-order chi connectivity index (χ0) is 12.7. The summed E-state index contributed by atoms with van der Waals surface area (Å²) in [6.07, 6.45) is 0. The second-order valence-electron chi connectivity index (χ2n) is 3.82. The van der Waals surface area contributed by atoms with Gasteiger partial charge in [0.2, 0.25) is 0 Å². The van der Waals surface area contributed by atoms with Crippen LogP contribution in [0.25, 0.3) is 0 Å². The van der Waals surface area contributed by atoms with Crippen LogP contribution in [0.5, 0.6) is 0 Å². The van der Waals surface area contributed by atoms with Crippen molar-refractivity contribution in [3.8, 4) is 0 Å². The van der Waals surface area contributed by atoms with Crippen molar-refractivity contribution in [1.29, 1.82) is 0 Å². The number of hydrogen-bond donors (Lipinski definition) is 0. The molecule has 96 valence electrons. The molecule has 0 N–H and O–H groups in total. The quantitative estimate of drug-likeness (QED) is 0.694. The molecule has 0 aliphatic carbocycles. The molecular weight excluding hydrogens is 301 g/mol. The number of thioether (sulfide) groups is 1. The van der Waals surface area contributed by atoms with Crippen LogP contribution in [0.2, 0.25) is 0 Å². The van der Waals surface area contributed by atoms with Gasteiger partial charge in [0.25, 0.3) is 0 Å². The molecule has 0 aliphatic heterocycles. The van der Waals surface area contributed by atoms with Crippen LogP contribution in [0.4, 0.5) is 4.39 Å². The molecule has 0 fully saturated rings. The van der Waals surface area contributed by atoms with Gasteiger partial charge in [0.1, 0.15) is 5.82 Å². The third-order valence-electron chi connectivity index (χ3n) is 2.72. The van der Waals surface area contributed by atoms with Crippen molar-refractivity contribution in [1.82, 2.24) is 4.90 Å². The van der Waals surface area contributed by atoms with E-state index in [1.54, 1.807) is 0 Å². The van der Waals surface area contributed by atoms with Crippen LogP contribution < -0.4 is 0 Å². The van der Waals surface area contributed by atoms with Crippen molar-refractivity contribution in [3.63, 3.8) is 0 Å². The van der Waals surface area contributed by atoms with Crippen LogP contribution in [-0.4, -0.2) is 30.3 Å². The Morgan fingerprint density at radius 1 is 1.29 bits per heavy atom. The fourth-order valence-electron chi connectivity index (χ4n) is 1.55. The van der Waals surface area contributed by atoms with Gasteiger partial charge in [-0.2, -0.15) is 11.8 Å². The highest BCUT2D eigenvalue weighted by Crippen LogP contribution is 2.22. The summed E-state index contributed by atoms with van der Waals surface area (Å²) in [4.78, 5) is 2.41. The summed E-state index contributed by atoms with van der Waals surface area (Å²) >= 11 is 5.28. The van der Waals surface area contributed by atoms with Crippen LogP contribution in [0.1, 0.15) is 19.4 Å². The molecule has 1 aromatic carbocycles. The maximum absolute atomic E-state index is 12.9. The first-order valence-electron chi connectivity index (χ1n) is 5.91. The summed E-state index contributed by atoms with van der Waals surface area (Å²) in [5, 5.41) is 0. The molecule has 1 aromatic rings. The summed E-state index contributed by atoms with van der Waals surface area (Å²) < 4.78 is 13.8. The fourth-order valence-corrected chi connectivity index (χ4v) is 3.23. The summed E-state index contributed by atoms with van der Waals surface area (Å²) in [5.74, 6) is 1.86. The van der Waals surface area contributed by atoms with E-state index in [1.807, 2.05) is 17.8 Å². The van der Waals surface area contributed by atoms with E-state index >= 15 is 0 Å². The van der Waals surface area contributed by atoms with Crippen LogP contribution in [0.15, 0.2) is 22.7 Å². The van der Waals surface area contributed by atoms with E-state index in [0.29, 0.717) is 0 Å². The number of benzene rings is 1. The van der Waals surface area contributed by atoms with Crippen LogP contribution >= 0.6 is 27.7 Å².